The van der Waals surface area contributed by atoms with Gasteiger partial charge in [-0.1, -0.05) is 0 Å². The lowest BCUT2D eigenvalue weighted by Gasteiger charge is -2.37. The minimum absolute atomic E-state index is 0.0847. The topological polar surface area (TPSA) is 119 Å². The van der Waals surface area contributed by atoms with Crippen LogP contribution in [0.4, 0.5) is 22.2 Å². The number of amides is 1. The maximum absolute atomic E-state index is 11.5. The Labute approximate surface area is 167 Å². The van der Waals surface area contributed by atoms with E-state index in [1.807, 2.05) is 31.2 Å². The molecule has 2 aliphatic heterocycles. The lowest BCUT2D eigenvalue weighted by atomic mass is 9.97. The standard InChI is InChI=1S/C20H23N7O2/c1-11-7-18(26-25-11)23-17-10-16-15(3-2-6-21-16)19(24-17)22-12-8-13-4-5-14(9-12)27(13)20(28)29/h2-3,6-7,10,12-14H,4-5,8-9H2,1H3,(H,28,29)(H3,22,23,24,25,26)/t12-,13+,14-. The normalized spacial score (nSPS) is 23.3. The highest BCUT2D eigenvalue weighted by molar-refractivity contribution is 5.91. The van der Waals surface area contributed by atoms with Crippen molar-refractivity contribution >= 4 is 34.4 Å². The zero-order chi connectivity index (χ0) is 20.0. The third-order valence-corrected chi connectivity index (χ3v) is 5.86. The maximum Gasteiger partial charge on any atom is 0.407 e. The van der Waals surface area contributed by atoms with E-state index in [4.69, 9.17) is 4.98 Å². The van der Waals surface area contributed by atoms with Gasteiger partial charge in [-0.25, -0.2) is 9.78 Å². The summed E-state index contributed by atoms with van der Waals surface area (Å²) < 4.78 is 0. The molecule has 5 rings (SSSR count). The first-order valence-electron chi connectivity index (χ1n) is 9.89. The van der Waals surface area contributed by atoms with E-state index in [0.29, 0.717) is 11.6 Å². The van der Waals surface area contributed by atoms with Crippen molar-refractivity contribution in [3.05, 3.63) is 36.2 Å². The molecule has 2 bridgehead atoms. The Morgan fingerprint density at radius 1 is 1.24 bits per heavy atom. The Kier molecular flexibility index (Phi) is 4.22. The molecule has 0 aromatic carbocycles. The van der Waals surface area contributed by atoms with E-state index in [9.17, 15) is 9.90 Å². The molecule has 29 heavy (non-hydrogen) atoms. The third kappa shape index (κ3) is 3.32. The number of nitrogens with one attached hydrogen (secondary N) is 3. The predicted octanol–water partition coefficient (Wildman–Crippen LogP) is 3.49. The number of piperidine rings is 1. The highest BCUT2D eigenvalue weighted by atomic mass is 16.4. The first-order valence-corrected chi connectivity index (χ1v) is 9.89. The zero-order valence-electron chi connectivity index (χ0n) is 16.1. The largest absolute Gasteiger partial charge is 0.465 e. The van der Waals surface area contributed by atoms with E-state index in [2.05, 4.69) is 25.8 Å². The summed E-state index contributed by atoms with van der Waals surface area (Å²) in [6, 6.07) is 8.07. The fourth-order valence-corrected chi connectivity index (χ4v) is 4.66. The molecule has 9 heteroatoms. The summed E-state index contributed by atoms with van der Waals surface area (Å²) in [4.78, 5) is 22.4. The molecule has 0 saturated carbocycles. The molecular weight excluding hydrogens is 370 g/mol. The quantitative estimate of drug-likeness (QED) is 0.536. The molecule has 5 heterocycles. The lowest BCUT2D eigenvalue weighted by Crippen LogP contribution is -2.49. The van der Waals surface area contributed by atoms with Gasteiger partial charge < -0.3 is 20.6 Å². The molecule has 9 nitrogen and oxygen atoms in total. The van der Waals surface area contributed by atoms with Crippen molar-refractivity contribution in [1.82, 2.24) is 25.1 Å². The van der Waals surface area contributed by atoms with E-state index in [1.54, 1.807) is 11.1 Å². The number of H-pyrrole nitrogens is 1. The van der Waals surface area contributed by atoms with E-state index in [0.717, 1.165) is 48.1 Å². The van der Waals surface area contributed by atoms with Crippen molar-refractivity contribution in [2.24, 2.45) is 0 Å². The number of aromatic amines is 1. The van der Waals surface area contributed by atoms with E-state index in [-0.39, 0.29) is 18.1 Å². The van der Waals surface area contributed by atoms with Crippen LogP contribution < -0.4 is 10.6 Å². The van der Waals surface area contributed by atoms with Gasteiger partial charge in [0, 0.05) is 47.5 Å². The van der Waals surface area contributed by atoms with Gasteiger partial charge in [0.15, 0.2) is 5.82 Å². The third-order valence-electron chi connectivity index (χ3n) is 5.86. The number of rotatable bonds is 4. The number of hydrogen-bond donors (Lipinski definition) is 4. The number of anilines is 3. The molecule has 3 aromatic heterocycles. The summed E-state index contributed by atoms with van der Waals surface area (Å²) in [5, 5.41) is 24.4. The first-order chi connectivity index (χ1) is 14.1. The van der Waals surface area contributed by atoms with Crippen LogP contribution in [-0.2, 0) is 0 Å². The Balaban J connectivity index is 1.42. The van der Waals surface area contributed by atoms with Gasteiger partial charge in [0.05, 0.1) is 5.52 Å². The molecule has 2 aliphatic rings. The first kappa shape index (κ1) is 17.7. The molecule has 0 radical (unpaired) electrons. The molecule has 0 spiro atoms. The molecule has 1 amide bonds. The van der Waals surface area contributed by atoms with Gasteiger partial charge in [0.2, 0.25) is 0 Å². The second-order valence-electron chi connectivity index (χ2n) is 7.87. The second-order valence-corrected chi connectivity index (χ2v) is 7.87. The fraction of sp³-hybridized carbons (Fsp3) is 0.400. The molecular formula is C20H23N7O2. The summed E-state index contributed by atoms with van der Waals surface area (Å²) >= 11 is 0. The smallest absolute Gasteiger partial charge is 0.407 e. The summed E-state index contributed by atoms with van der Waals surface area (Å²) in [6.45, 7) is 1.94. The Morgan fingerprint density at radius 2 is 2.03 bits per heavy atom. The maximum atomic E-state index is 11.5. The van der Waals surface area contributed by atoms with Gasteiger partial charge in [0.25, 0.3) is 0 Å². The van der Waals surface area contributed by atoms with Crippen LogP contribution in [0.5, 0.6) is 0 Å². The van der Waals surface area contributed by atoms with Crippen molar-refractivity contribution in [1.29, 1.82) is 0 Å². The molecule has 3 atom stereocenters. The van der Waals surface area contributed by atoms with Gasteiger partial charge in [-0.05, 0) is 44.7 Å². The van der Waals surface area contributed by atoms with Crippen LogP contribution >= 0.6 is 0 Å². The summed E-state index contributed by atoms with van der Waals surface area (Å²) in [5.74, 6) is 2.12. The van der Waals surface area contributed by atoms with Crippen molar-refractivity contribution in [3.8, 4) is 0 Å². The molecule has 0 unspecified atom stereocenters. The van der Waals surface area contributed by atoms with E-state index in [1.165, 1.54) is 0 Å². The number of aromatic nitrogens is 4. The summed E-state index contributed by atoms with van der Waals surface area (Å²) in [5.41, 5.74) is 1.80. The summed E-state index contributed by atoms with van der Waals surface area (Å²) in [7, 11) is 0. The van der Waals surface area contributed by atoms with Crippen LogP contribution in [-0.4, -0.2) is 54.4 Å². The van der Waals surface area contributed by atoms with Crippen molar-refractivity contribution in [3.63, 3.8) is 0 Å². The van der Waals surface area contributed by atoms with E-state index >= 15 is 0 Å². The number of hydrogen-bond acceptors (Lipinski definition) is 6. The Morgan fingerprint density at radius 3 is 2.72 bits per heavy atom. The minimum Gasteiger partial charge on any atom is -0.465 e. The van der Waals surface area contributed by atoms with Gasteiger partial charge in [0.1, 0.15) is 11.6 Å². The fourth-order valence-electron chi connectivity index (χ4n) is 4.66. The van der Waals surface area contributed by atoms with Crippen LogP contribution in [0.3, 0.4) is 0 Å². The molecule has 150 valence electrons. The van der Waals surface area contributed by atoms with Crippen LogP contribution in [0.2, 0.25) is 0 Å². The Bertz CT molecular complexity index is 1050. The highest BCUT2D eigenvalue weighted by Gasteiger charge is 2.43. The molecule has 4 N–H and O–H groups in total. The lowest BCUT2D eigenvalue weighted by molar-refractivity contribution is 0.0994. The Hall–Kier alpha value is -3.36. The number of carboxylic acid groups (broad SMARTS) is 1. The van der Waals surface area contributed by atoms with Crippen molar-refractivity contribution in [2.45, 2.75) is 50.7 Å². The molecule has 0 aliphatic carbocycles. The van der Waals surface area contributed by atoms with Crippen LogP contribution in [0.25, 0.3) is 10.9 Å². The van der Waals surface area contributed by atoms with E-state index < -0.39 is 6.09 Å². The number of carbonyl (C=O) groups is 1. The van der Waals surface area contributed by atoms with Crippen molar-refractivity contribution < 1.29 is 9.90 Å². The van der Waals surface area contributed by atoms with Crippen LogP contribution in [0, 0.1) is 6.92 Å². The zero-order valence-corrected chi connectivity index (χ0v) is 16.1. The van der Waals surface area contributed by atoms with Gasteiger partial charge in [-0.2, -0.15) is 5.10 Å². The SMILES string of the molecule is Cc1cc(Nc2cc3ncccc3c(N[C@H]3C[C@H]4CC[C@@H](C3)N4C(=O)O)n2)n[nH]1. The number of pyridine rings is 2. The number of fused-ring (bicyclic) bond motifs is 3. The average molecular weight is 393 g/mol. The molecule has 2 saturated heterocycles. The van der Waals surface area contributed by atoms with Crippen LogP contribution in [0.1, 0.15) is 31.4 Å². The average Bonchev–Trinajstić information content (AvgIpc) is 3.22. The predicted molar refractivity (Wildman–Crippen MR) is 109 cm³/mol. The summed E-state index contributed by atoms with van der Waals surface area (Å²) in [6.07, 6.45) is 4.42. The molecule has 2 fully saturated rings. The molecule has 3 aromatic rings. The highest BCUT2D eigenvalue weighted by Crippen LogP contribution is 2.37. The van der Waals surface area contributed by atoms with Crippen molar-refractivity contribution in [2.75, 3.05) is 10.6 Å². The van der Waals surface area contributed by atoms with Crippen LogP contribution in [0.15, 0.2) is 30.5 Å². The van der Waals surface area contributed by atoms with Gasteiger partial charge in [-0.15, -0.1) is 0 Å². The number of aryl methyl sites for hydroxylation is 1. The van der Waals surface area contributed by atoms with Gasteiger partial charge >= 0.3 is 6.09 Å². The van der Waals surface area contributed by atoms with Gasteiger partial charge in [-0.3, -0.25) is 10.1 Å². The number of nitrogens with zero attached hydrogens (tertiary/aromatic N) is 4. The second kappa shape index (κ2) is 6.91. The minimum atomic E-state index is -0.802. The monoisotopic (exact) mass is 393 g/mol.